The van der Waals surface area contributed by atoms with E-state index in [4.69, 9.17) is 25.8 Å². The number of nitriles is 1. The lowest BCUT2D eigenvalue weighted by Gasteiger charge is -2.20. The summed E-state index contributed by atoms with van der Waals surface area (Å²) in [6.45, 7) is 0. The third kappa shape index (κ3) is 4.20. The van der Waals surface area contributed by atoms with Gasteiger partial charge in [-0.1, -0.05) is 0 Å². The molecule has 1 aliphatic rings. The Balaban J connectivity index is 1.54. The molecule has 2 heterocycles. The van der Waals surface area contributed by atoms with E-state index in [0.29, 0.717) is 56.1 Å². The van der Waals surface area contributed by atoms with Gasteiger partial charge in [0.2, 0.25) is 5.88 Å². The highest BCUT2D eigenvalue weighted by molar-refractivity contribution is 7.21. The van der Waals surface area contributed by atoms with Crippen LogP contribution in [-0.2, 0) is 4.74 Å². The maximum Gasteiger partial charge on any atom is 0.404 e. The number of hydrogen-bond acceptors (Lipinski definition) is 9. The van der Waals surface area contributed by atoms with Crippen molar-refractivity contribution < 1.29 is 23.4 Å². The number of carbonyl (C=O) groups is 1. The first-order valence-corrected chi connectivity index (χ1v) is 11.5. The lowest BCUT2D eigenvalue weighted by Crippen LogP contribution is -2.29. The number of thiazole rings is 1. The second kappa shape index (κ2) is 9.00. The number of methoxy groups -OCH3 is 1. The second-order valence-corrected chi connectivity index (χ2v) is 9.01. The minimum Gasteiger partial charge on any atom is -0.483 e. The fourth-order valence-corrected chi connectivity index (χ4v) is 5.12. The monoisotopic (exact) mass is 498 g/mol. The van der Waals surface area contributed by atoms with Gasteiger partial charge in [0.15, 0.2) is 11.6 Å². The van der Waals surface area contributed by atoms with E-state index in [-0.39, 0.29) is 5.75 Å². The molecule has 2 aromatic carbocycles. The number of rotatable bonds is 5. The lowest BCUT2D eigenvalue weighted by molar-refractivity contribution is 0.0456. The summed E-state index contributed by atoms with van der Waals surface area (Å²) in [4.78, 5) is 24.5. The van der Waals surface area contributed by atoms with Gasteiger partial charge >= 0.3 is 5.43 Å². The summed E-state index contributed by atoms with van der Waals surface area (Å²) in [5.74, 6) is -0.204. The second-order valence-electron chi connectivity index (χ2n) is 7.67. The van der Waals surface area contributed by atoms with Crippen molar-refractivity contribution in [2.24, 2.45) is 0 Å². The zero-order valence-corrected chi connectivity index (χ0v) is 19.3. The van der Waals surface area contributed by atoms with Crippen LogP contribution in [0.1, 0.15) is 24.8 Å². The van der Waals surface area contributed by atoms with Crippen molar-refractivity contribution in [1.82, 2.24) is 15.0 Å². The molecule has 0 N–H and O–H groups in total. The Morgan fingerprint density at radius 3 is 2.79 bits per heavy atom. The van der Waals surface area contributed by atoms with Crippen molar-refractivity contribution in [1.29, 1.82) is 5.26 Å². The van der Waals surface area contributed by atoms with Gasteiger partial charge in [-0.15, -0.1) is 11.3 Å². The molecule has 2 aromatic heterocycles. The van der Waals surface area contributed by atoms with Crippen molar-refractivity contribution in [3.05, 3.63) is 41.8 Å². The fourth-order valence-electron chi connectivity index (χ4n) is 4.01. The molecular formula is C23H16ClFN4O4S. The standard InChI is InChI=1S/C23H16ClFN4O4S/c1-31-20-10-27-21-12(5-11(9-26)6-15(21)28-20)22-29-14-7-13(25)18(8-19(14)34-22)32-16-3-2-4-17(16)33-23(24)30/h5-8,10,16-17H,2-4H2,1H3. The molecule has 34 heavy (non-hydrogen) atoms. The number of halogens is 2. The topological polar surface area (TPSA) is 107 Å². The molecule has 2 atom stereocenters. The molecule has 1 fully saturated rings. The summed E-state index contributed by atoms with van der Waals surface area (Å²) in [7, 11) is 1.49. The van der Waals surface area contributed by atoms with Gasteiger partial charge in [0, 0.05) is 29.3 Å². The van der Waals surface area contributed by atoms with Crippen LogP contribution in [0.3, 0.4) is 0 Å². The molecule has 8 nitrogen and oxygen atoms in total. The molecule has 11 heteroatoms. The van der Waals surface area contributed by atoms with E-state index in [1.807, 2.05) is 0 Å². The van der Waals surface area contributed by atoms with Gasteiger partial charge in [-0.3, -0.25) is 0 Å². The van der Waals surface area contributed by atoms with E-state index in [2.05, 4.69) is 21.0 Å². The first kappa shape index (κ1) is 22.3. The van der Waals surface area contributed by atoms with Crippen molar-refractivity contribution in [2.45, 2.75) is 31.5 Å². The highest BCUT2D eigenvalue weighted by atomic mass is 35.5. The first-order valence-electron chi connectivity index (χ1n) is 10.3. The molecule has 172 valence electrons. The molecular weight excluding hydrogens is 483 g/mol. The molecule has 0 radical (unpaired) electrons. The van der Waals surface area contributed by atoms with Crippen LogP contribution < -0.4 is 9.47 Å². The molecule has 5 rings (SSSR count). The maximum atomic E-state index is 14.9. The van der Waals surface area contributed by atoms with Gasteiger partial charge in [0.1, 0.15) is 17.2 Å². The van der Waals surface area contributed by atoms with Crippen molar-refractivity contribution in [2.75, 3.05) is 7.11 Å². The van der Waals surface area contributed by atoms with E-state index >= 15 is 0 Å². The van der Waals surface area contributed by atoms with Gasteiger partial charge in [0.05, 0.1) is 46.2 Å². The number of ether oxygens (including phenoxy) is 3. The van der Waals surface area contributed by atoms with Gasteiger partial charge < -0.3 is 14.2 Å². The molecule has 0 spiro atoms. The summed E-state index contributed by atoms with van der Waals surface area (Å²) in [5, 5.41) is 10.0. The lowest BCUT2D eigenvalue weighted by atomic mass is 10.1. The average Bonchev–Trinajstić information content (AvgIpc) is 3.43. The summed E-state index contributed by atoms with van der Waals surface area (Å²) < 4.78 is 31.6. The summed E-state index contributed by atoms with van der Waals surface area (Å²) in [6, 6.07) is 8.30. The van der Waals surface area contributed by atoms with Crippen LogP contribution >= 0.6 is 22.9 Å². The van der Waals surface area contributed by atoms with E-state index in [9.17, 15) is 14.4 Å². The number of aromatic nitrogens is 3. The maximum absolute atomic E-state index is 14.9. The number of fused-ring (bicyclic) bond motifs is 2. The Morgan fingerprint density at radius 1 is 1.21 bits per heavy atom. The Hall–Kier alpha value is -3.55. The Labute approximate surface area is 201 Å². The summed E-state index contributed by atoms with van der Waals surface area (Å²) in [5.41, 5.74) is 1.57. The quantitative estimate of drug-likeness (QED) is 0.327. The zero-order chi connectivity index (χ0) is 23.8. The number of hydrogen-bond donors (Lipinski definition) is 0. The zero-order valence-electron chi connectivity index (χ0n) is 17.7. The fraction of sp³-hybridized carbons (Fsp3) is 0.261. The van der Waals surface area contributed by atoms with Crippen molar-refractivity contribution in [3.63, 3.8) is 0 Å². The van der Waals surface area contributed by atoms with E-state index in [1.54, 1.807) is 18.2 Å². The SMILES string of the molecule is COc1cnc2c(-c3nc4cc(F)c(OC5CCCC5OC(=O)Cl)cc4s3)cc(C#N)cc2n1. The van der Waals surface area contributed by atoms with Crippen LogP contribution in [0.4, 0.5) is 9.18 Å². The first-order chi connectivity index (χ1) is 16.4. The minimum atomic E-state index is -0.906. The normalized spacial score (nSPS) is 17.6. The van der Waals surface area contributed by atoms with Crippen LogP contribution in [0.15, 0.2) is 30.5 Å². The number of carbonyl (C=O) groups excluding carboxylic acids is 1. The Bertz CT molecular complexity index is 1470. The molecule has 0 amide bonds. The molecule has 1 saturated carbocycles. The molecule has 1 aliphatic carbocycles. The number of benzene rings is 2. The van der Waals surface area contributed by atoms with Crippen LogP contribution in [0, 0.1) is 17.1 Å². The molecule has 0 saturated heterocycles. The van der Waals surface area contributed by atoms with E-state index in [1.165, 1.54) is 30.7 Å². The van der Waals surface area contributed by atoms with E-state index < -0.39 is 23.5 Å². The van der Waals surface area contributed by atoms with Gasteiger partial charge in [0.25, 0.3) is 0 Å². The third-order valence-electron chi connectivity index (χ3n) is 5.55. The van der Waals surface area contributed by atoms with E-state index in [0.717, 1.165) is 6.42 Å². The summed E-state index contributed by atoms with van der Waals surface area (Å²) in [6.07, 6.45) is 2.49. The molecule has 4 aromatic rings. The average molecular weight is 499 g/mol. The summed E-state index contributed by atoms with van der Waals surface area (Å²) >= 11 is 6.66. The molecule has 0 aliphatic heterocycles. The smallest absolute Gasteiger partial charge is 0.404 e. The Kier molecular flexibility index (Phi) is 5.89. The van der Waals surface area contributed by atoms with Crippen LogP contribution in [0.5, 0.6) is 11.6 Å². The van der Waals surface area contributed by atoms with Gasteiger partial charge in [-0.25, -0.2) is 24.1 Å². The predicted octanol–water partition coefficient (Wildman–Crippen LogP) is 5.60. The number of nitrogens with zero attached hydrogens (tertiary/aromatic N) is 4. The highest BCUT2D eigenvalue weighted by Crippen LogP contribution is 2.38. The van der Waals surface area contributed by atoms with Crippen molar-refractivity contribution in [3.8, 4) is 28.3 Å². The Morgan fingerprint density at radius 2 is 2.03 bits per heavy atom. The molecule has 2 unspecified atom stereocenters. The van der Waals surface area contributed by atoms with Crippen LogP contribution in [0.25, 0.3) is 31.8 Å². The van der Waals surface area contributed by atoms with Crippen molar-refractivity contribution >= 4 is 49.6 Å². The minimum absolute atomic E-state index is 0.0467. The van der Waals surface area contributed by atoms with Gasteiger partial charge in [-0.2, -0.15) is 5.26 Å². The van der Waals surface area contributed by atoms with Crippen LogP contribution in [0.2, 0.25) is 0 Å². The highest BCUT2D eigenvalue weighted by Gasteiger charge is 2.33. The van der Waals surface area contributed by atoms with Gasteiger partial charge in [-0.05, 0) is 31.4 Å². The predicted molar refractivity (Wildman–Crippen MR) is 124 cm³/mol. The third-order valence-corrected chi connectivity index (χ3v) is 6.69. The largest absolute Gasteiger partial charge is 0.483 e. The molecule has 0 bridgehead atoms. The van der Waals surface area contributed by atoms with Crippen LogP contribution in [-0.4, -0.2) is 39.7 Å².